The standard InChI is InChI=1S/C20H14Cl2O3/c21-18-7-4-8-19(22)17(18)13-20(23)25-16-11-9-15(10-12-16)24-14-5-2-1-3-6-14/h1-12H,13H2. The van der Waals surface area contributed by atoms with Gasteiger partial charge in [0.1, 0.15) is 17.2 Å². The zero-order valence-electron chi connectivity index (χ0n) is 13.1. The molecule has 3 aromatic rings. The van der Waals surface area contributed by atoms with E-state index in [4.69, 9.17) is 32.7 Å². The Morgan fingerprint density at radius 1 is 0.720 bits per heavy atom. The average Bonchev–Trinajstić information content (AvgIpc) is 2.61. The van der Waals surface area contributed by atoms with E-state index >= 15 is 0 Å². The van der Waals surface area contributed by atoms with Gasteiger partial charge in [-0.15, -0.1) is 0 Å². The van der Waals surface area contributed by atoms with Crippen LogP contribution in [0.4, 0.5) is 0 Å². The monoisotopic (exact) mass is 372 g/mol. The van der Waals surface area contributed by atoms with E-state index in [-0.39, 0.29) is 6.42 Å². The van der Waals surface area contributed by atoms with Crippen LogP contribution in [-0.4, -0.2) is 5.97 Å². The fourth-order valence-electron chi connectivity index (χ4n) is 2.21. The summed E-state index contributed by atoms with van der Waals surface area (Å²) in [6.07, 6.45) is 0.000767. The molecule has 0 saturated carbocycles. The van der Waals surface area contributed by atoms with Crippen LogP contribution in [0.1, 0.15) is 5.56 Å². The number of benzene rings is 3. The summed E-state index contributed by atoms with van der Waals surface area (Å²) in [4.78, 5) is 12.1. The molecule has 0 N–H and O–H groups in total. The minimum absolute atomic E-state index is 0.000767. The van der Waals surface area contributed by atoms with Gasteiger partial charge in [-0.25, -0.2) is 0 Å². The van der Waals surface area contributed by atoms with Crippen molar-refractivity contribution in [3.63, 3.8) is 0 Å². The van der Waals surface area contributed by atoms with E-state index in [0.717, 1.165) is 5.75 Å². The summed E-state index contributed by atoms with van der Waals surface area (Å²) >= 11 is 12.1. The molecule has 0 radical (unpaired) electrons. The Kier molecular flexibility index (Phi) is 5.59. The lowest BCUT2D eigenvalue weighted by atomic mass is 10.1. The summed E-state index contributed by atoms with van der Waals surface area (Å²) in [5, 5.41) is 0.882. The Bertz CT molecular complexity index is 842. The first-order chi connectivity index (χ1) is 12.1. The number of hydrogen-bond donors (Lipinski definition) is 0. The third-order valence-corrected chi connectivity index (χ3v) is 4.13. The molecular weight excluding hydrogens is 359 g/mol. The van der Waals surface area contributed by atoms with Gasteiger partial charge in [0, 0.05) is 15.6 Å². The van der Waals surface area contributed by atoms with Crippen molar-refractivity contribution >= 4 is 29.2 Å². The van der Waals surface area contributed by atoms with Crippen molar-refractivity contribution in [2.75, 3.05) is 0 Å². The summed E-state index contributed by atoms with van der Waals surface area (Å²) in [6, 6.07) is 21.3. The molecule has 0 unspecified atom stereocenters. The molecule has 3 nitrogen and oxygen atoms in total. The number of hydrogen-bond acceptors (Lipinski definition) is 3. The van der Waals surface area contributed by atoms with Gasteiger partial charge in [0.15, 0.2) is 0 Å². The number of para-hydroxylation sites is 1. The zero-order chi connectivity index (χ0) is 17.6. The van der Waals surface area contributed by atoms with Crippen molar-refractivity contribution in [1.29, 1.82) is 0 Å². The lowest BCUT2D eigenvalue weighted by molar-refractivity contribution is -0.133. The second kappa shape index (κ2) is 8.06. The Hall–Kier alpha value is -2.49. The number of halogens is 2. The molecule has 0 fully saturated rings. The van der Waals surface area contributed by atoms with Gasteiger partial charge in [-0.3, -0.25) is 4.79 Å². The molecule has 0 atom stereocenters. The minimum atomic E-state index is -0.438. The summed E-state index contributed by atoms with van der Waals surface area (Å²) in [7, 11) is 0. The third kappa shape index (κ3) is 4.75. The molecule has 0 heterocycles. The van der Waals surface area contributed by atoms with Gasteiger partial charge in [0.05, 0.1) is 6.42 Å². The summed E-state index contributed by atoms with van der Waals surface area (Å²) in [5.41, 5.74) is 0.555. The first-order valence-electron chi connectivity index (χ1n) is 7.58. The number of ether oxygens (including phenoxy) is 2. The quantitative estimate of drug-likeness (QED) is 0.411. The number of carbonyl (C=O) groups is 1. The van der Waals surface area contributed by atoms with Crippen LogP contribution in [0, 0.1) is 0 Å². The van der Waals surface area contributed by atoms with Crippen LogP contribution < -0.4 is 9.47 Å². The van der Waals surface area contributed by atoms with Crippen LogP contribution in [0.3, 0.4) is 0 Å². The molecule has 5 heteroatoms. The molecule has 0 amide bonds. The maximum atomic E-state index is 12.1. The predicted molar refractivity (Wildman–Crippen MR) is 98.8 cm³/mol. The normalized spacial score (nSPS) is 10.3. The molecule has 3 aromatic carbocycles. The van der Waals surface area contributed by atoms with Crippen molar-refractivity contribution in [3.8, 4) is 17.2 Å². The minimum Gasteiger partial charge on any atom is -0.457 e. The van der Waals surface area contributed by atoms with E-state index in [1.165, 1.54) is 0 Å². The number of rotatable bonds is 5. The van der Waals surface area contributed by atoms with E-state index < -0.39 is 5.97 Å². The Morgan fingerprint density at radius 2 is 1.28 bits per heavy atom. The highest BCUT2D eigenvalue weighted by Crippen LogP contribution is 2.26. The van der Waals surface area contributed by atoms with Gasteiger partial charge in [-0.05, 0) is 48.5 Å². The lowest BCUT2D eigenvalue weighted by Gasteiger charge is -2.09. The van der Waals surface area contributed by atoms with Gasteiger partial charge in [0.25, 0.3) is 0 Å². The number of carbonyl (C=O) groups excluding carboxylic acids is 1. The van der Waals surface area contributed by atoms with Crippen LogP contribution in [0.25, 0.3) is 0 Å². The fraction of sp³-hybridized carbons (Fsp3) is 0.0500. The van der Waals surface area contributed by atoms with Crippen molar-refractivity contribution in [2.24, 2.45) is 0 Å². The molecule has 25 heavy (non-hydrogen) atoms. The summed E-state index contributed by atoms with van der Waals surface area (Å²) in [5.74, 6) is 1.38. The maximum absolute atomic E-state index is 12.1. The highest BCUT2D eigenvalue weighted by Gasteiger charge is 2.12. The Labute approximate surface area is 155 Å². The van der Waals surface area contributed by atoms with Crippen molar-refractivity contribution < 1.29 is 14.3 Å². The van der Waals surface area contributed by atoms with E-state index in [2.05, 4.69) is 0 Å². The topological polar surface area (TPSA) is 35.5 Å². The molecule has 0 spiro atoms. The molecule has 0 aromatic heterocycles. The summed E-state index contributed by atoms with van der Waals surface area (Å²) < 4.78 is 11.0. The van der Waals surface area contributed by atoms with Gasteiger partial charge in [0.2, 0.25) is 0 Å². The third-order valence-electron chi connectivity index (χ3n) is 3.42. The Balaban J connectivity index is 1.62. The van der Waals surface area contributed by atoms with Crippen LogP contribution in [0.15, 0.2) is 72.8 Å². The maximum Gasteiger partial charge on any atom is 0.315 e. The van der Waals surface area contributed by atoms with Gasteiger partial charge >= 0.3 is 5.97 Å². The largest absolute Gasteiger partial charge is 0.457 e. The highest BCUT2D eigenvalue weighted by molar-refractivity contribution is 6.36. The van der Waals surface area contributed by atoms with E-state index in [0.29, 0.717) is 27.1 Å². The van der Waals surface area contributed by atoms with Gasteiger partial charge < -0.3 is 9.47 Å². The van der Waals surface area contributed by atoms with Crippen molar-refractivity contribution in [1.82, 2.24) is 0 Å². The first-order valence-corrected chi connectivity index (χ1v) is 8.34. The lowest BCUT2D eigenvalue weighted by Crippen LogP contribution is -2.11. The van der Waals surface area contributed by atoms with Gasteiger partial charge in [-0.2, -0.15) is 0 Å². The molecule has 0 aliphatic carbocycles. The molecule has 0 aliphatic rings. The Morgan fingerprint density at radius 3 is 1.92 bits per heavy atom. The van der Waals surface area contributed by atoms with Crippen LogP contribution in [-0.2, 0) is 11.2 Å². The second-order valence-corrected chi connectivity index (χ2v) is 6.05. The van der Waals surface area contributed by atoms with Crippen LogP contribution in [0.5, 0.6) is 17.2 Å². The first kappa shape index (κ1) is 17.3. The SMILES string of the molecule is O=C(Cc1c(Cl)cccc1Cl)Oc1ccc(Oc2ccccc2)cc1. The zero-order valence-corrected chi connectivity index (χ0v) is 14.6. The number of esters is 1. The molecule has 126 valence electrons. The molecule has 0 bridgehead atoms. The molecule has 0 aliphatic heterocycles. The molecule has 3 rings (SSSR count). The van der Waals surface area contributed by atoms with E-state index in [9.17, 15) is 4.79 Å². The van der Waals surface area contributed by atoms with E-state index in [1.54, 1.807) is 42.5 Å². The molecule has 0 saturated heterocycles. The predicted octanol–water partition coefficient (Wildman–Crippen LogP) is 5.93. The van der Waals surface area contributed by atoms with E-state index in [1.807, 2.05) is 30.3 Å². The van der Waals surface area contributed by atoms with Crippen molar-refractivity contribution in [3.05, 3.63) is 88.4 Å². The van der Waals surface area contributed by atoms with Crippen LogP contribution in [0.2, 0.25) is 10.0 Å². The summed E-state index contributed by atoms with van der Waals surface area (Å²) in [6.45, 7) is 0. The van der Waals surface area contributed by atoms with Crippen LogP contribution >= 0.6 is 23.2 Å². The average molecular weight is 373 g/mol. The molecular formula is C20H14Cl2O3. The fourth-order valence-corrected chi connectivity index (χ4v) is 2.74. The second-order valence-electron chi connectivity index (χ2n) is 5.24. The van der Waals surface area contributed by atoms with Gasteiger partial charge in [-0.1, -0.05) is 47.5 Å². The van der Waals surface area contributed by atoms with Crippen molar-refractivity contribution in [2.45, 2.75) is 6.42 Å². The smallest absolute Gasteiger partial charge is 0.315 e. The highest BCUT2D eigenvalue weighted by atomic mass is 35.5.